The maximum Gasteiger partial charge on any atom is 0.227 e. The number of hydrogen-bond donors (Lipinski definition) is 2. The molecule has 1 amide bonds. The number of nitrogens with one attached hydrogen (secondary N) is 2. The highest BCUT2D eigenvalue weighted by molar-refractivity contribution is 5.80. The number of piperidine rings is 1. The number of amides is 1. The zero-order chi connectivity index (χ0) is 20.7. The van der Waals surface area contributed by atoms with Crippen LogP contribution in [-0.4, -0.2) is 44.5 Å². The van der Waals surface area contributed by atoms with Crippen LogP contribution >= 0.6 is 0 Å². The van der Waals surface area contributed by atoms with Crippen molar-refractivity contribution in [2.24, 2.45) is 5.92 Å². The van der Waals surface area contributed by atoms with Crippen molar-refractivity contribution in [1.29, 1.82) is 0 Å². The molecular formula is C25H35N3O. The summed E-state index contributed by atoms with van der Waals surface area (Å²) in [6, 6.07) is 21.1. The molecular weight excluding hydrogens is 358 g/mol. The summed E-state index contributed by atoms with van der Waals surface area (Å²) in [7, 11) is 3.98. The molecule has 1 saturated heterocycles. The van der Waals surface area contributed by atoms with Crippen molar-refractivity contribution in [3.63, 3.8) is 0 Å². The Kier molecular flexibility index (Phi) is 7.45. The fourth-order valence-corrected chi connectivity index (χ4v) is 4.86. The lowest BCUT2D eigenvalue weighted by Crippen LogP contribution is -2.53. The molecule has 0 saturated carbocycles. The van der Waals surface area contributed by atoms with Gasteiger partial charge in [-0.2, -0.15) is 0 Å². The van der Waals surface area contributed by atoms with Gasteiger partial charge in [-0.15, -0.1) is 0 Å². The third-order valence-corrected chi connectivity index (χ3v) is 6.63. The van der Waals surface area contributed by atoms with Gasteiger partial charge in [0.1, 0.15) is 0 Å². The minimum atomic E-state index is -0.0415. The van der Waals surface area contributed by atoms with E-state index in [4.69, 9.17) is 0 Å². The molecule has 1 fully saturated rings. The summed E-state index contributed by atoms with van der Waals surface area (Å²) in [5.74, 6) is 0.486. The first-order valence-corrected chi connectivity index (χ1v) is 10.9. The molecule has 2 aromatic carbocycles. The second-order valence-corrected chi connectivity index (χ2v) is 8.11. The van der Waals surface area contributed by atoms with Crippen molar-refractivity contribution in [3.8, 4) is 0 Å². The molecule has 2 aromatic rings. The van der Waals surface area contributed by atoms with Crippen molar-refractivity contribution in [2.45, 2.75) is 37.6 Å². The number of nitrogens with zero attached hydrogens (tertiary/aromatic N) is 1. The lowest BCUT2D eigenvalue weighted by molar-refractivity contribution is -0.138. The smallest absolute Gasteiger partial charge is 0.227 e. The summed E-state index contributed by atoms with van der Waals surface area (Å²) in [5.41, 5.74) is 2.53. The summed E-state index contributed by atoms with van der Waals surface area (Å²) in [6.07, 6.45) is 2.84. The van der Waals surface area contributed by atoms with E-state index in [2.05, 4.69) is 77.1 Å². The highest BCUT2D eigenvalue weighted by Crippen LogP contribution is 2.35. The Bertz CT molecular complexity index is 754. The Morgan fingerprint density at radius 1 is 1.00 bits per heavy atom. The number of carbonyl (C=O) groups excluding carboxylic acids is 1. The van der Waals surface area contributed by atoms with Gasteiger partial charge in [0.15, 0.2) is 0 Å². The first-order valence-electron chi connectivity index (χ1n) is 10.9. The zero-order valence-corrected chi connectivity index (χ0v) is 18.0. The lowest BCUT2D eigenvalue weighted by atomic mass is 9.79. The fourth-order valence-electron chi connectivity index (χ4n) is 4.86. The molecule has 4 heteroatoms. The van der Waals surface area contributed by atoms with E-state index in [1.807, 2.05) is 20.2 Å². The minimum absolute atomic E-state index is 0.0359. The molecule has 4 nitrogen and oxygen atoms in total. The largest absolute Gasteiger partial charge is 0.342 e. The average molecular weight is 394 g/mol. The first kappa shape index (κ1) is 21.5. The monoisotopic (exact) mass is 393 g/mol. The molecule has 0 bridgehead atoms. The third-order valence-electron chi connectivity index (χ3n) is 6.63. The molecule has 29 heavy (non-hydrogen) atoms. The van der Waals surface area contributed by atoms with E-state index in [0.717, 1.165) is 32.4 Å². The van der Waals surface area contributed by atoms with Crippen LogP contribution in [0.3, 0.4) is 0 Å². The molecule has 0 aromatic heterocycles. The Morgan fingerprint density at radius 2 is 1.59 bits per heavy atom. The van der Waals surface area contributed by atoms with Gasteiger partial charge in [0.25, 0.3) is 0 Å². The fraction of sp³-hybridized carbons (Fsp3) is 0.480. The molecule has 1 heterocycles. The quantitative estimate of drug-likeness (QED) is 0.718. The molecule has 156 valence electrons. The molecule has 2 N–H and O–H groups in total. The highest BCUT2D eigenvalue weighted by atomic mass is 16.2. The SMILES string of the molecule is CC[C@@H](c1ccccc1)[C@@H](CNC)C(=O)N1CCC(NC)(c2ccccc2)CC1. The molecule has 0 spiro atoms. The number of rotatable bonds is 8. The summed E-state index contributed by atoms with van der Waals surface area (Å²) in [6.45, 7) is 4.48. The van der Waals surface area contributed by atoms with Crippen LogP contribution in [0.15, 0.2) is 60.7 Å². The first-order chi connectivity index (χ1) is 14.1. The van der Waals surface area contributed by atoms with Gasteiger partial charge in [-0.25, -0.2) is 0 Å². The summed E-state index contributed by atoms with van der Waals surface area (Å²) >= 11 is 0. The molecule has 1 aliphatic rings. The van der Waals surface area contributed by atoms with Gasteiger partial charge in [0.05, 0.1) is 5.92 Å². The summed E-state index contributed by atoms with van der Waals surface area (Å²) in [4.78, 5) is 15.7. The van der Waals surface area contributed by atoms with Crippen LogP contribution in [0.25, 0.3) is 0 Å². The van der Waals surface area contributed by atoms with Gasteiger partial charge in [-0.1, -0.05) is 67.6 Å². The van der Waals surface area contributed by atoms with E-state index in [1.54, 1.807) is 0 Å². The van der Waals surface area contributed by atoms with Gasteiger partial charge in [0, 0.05) is 25.2 Å². The van der Waals surface area contributed by atoms with Crippen LogP contribution in [0.1, 0.15) is 43.2 Å². The van der Waals surface area contributed by atoms with Gasteiger partial charge < -0.3 is 15.5 Å². The van der Waals surface area contributed by atoms with Crippen LogP contribution in [0.5, 0.6) is 0 Å². The lowest BCUT2D eigenvalue weighted by Gasteiger charge is -2.43. The van der Waals surface area contributed by atoms with E-state index >= 15 is 0 Å². The van der Waals surface area contributed by atoms with Gasteiger partial charge >= 0.3 is 0 Å². The number of benzene rings is 2. The van der Waals surface area contributed by atoms with E-state index in [-0.39, 0.29) is 23.3 Å². The van der Waals surface area contributed by atoms with Gasteiger partial charge in [0.2, 0.25) is 5.91 Å². The van der Waals surface area contributed by atoms with E-state index in [9.17, 15) is 4.79 Å². The second-order valence-electron chi connectivity index (χ2n) is 8.11. The van der Waals surface area contributed by atoms with Crippen LogP contribution in [-0.2, 0) is 10.3 Å². The van der Waals surface area contributed by atoms with E-state index in [0.29, 0.717) is 6.54 Å². The predicted octanol–water partition coefficient (Wildman–Crippen LogP) is 3.75. The normalized spacial score (nSPS) is 18.2. The number of likely N-dealkylation sites (tertiary alicyclic amines) is 1. The van der Waals surface area contributed by atoms with Crippen molar-refractivity contribution >= 4 is 5.91 Å². The number of hydrogen-bond acceptors (Lipinski definition) is 3. The van der Waals surface area contributed by atoms with Crippen molar-refractivity contribution in [2.75, 3.05) is 33.7 Å². The van der Waals surface area contributed by atoms with Crippen molar-refractivity contribution in [1.82, 2.24) is 15.5 Å². The maximum atomic E-state index is 13.6. The minimum Gasteiger partial charge on any atom is -0.342 e. The van der Waals surface area contributed by atoms with Crippen LogP contribution < -0.4 is 10.6 Å². The van der Waals surface area contributed by atoms with Crippen LogP contribution in [0.4, 0.5) is 0 Å². The Morgan fingerprint density at radius 3 is 2.10 bits per heavy atom. The Labute approximate surface area is 175 Å². The molecule has 3 rings (SSSR count). The van der Waals surface area contributed by atoms with Crippen LogP contribution in [0.2, 0.25) is 0 Å². The van der Waals surface area contributed by atoms with Crippen LogP contribution in [0, 0.1) is 5.92 Å². The maximum absolute atomic E-state index is 13.6. The van der Waals surface area contributed by atoms with Gasteiger partial charge in [-0.05, 0) is 50.4 Å². The highest BCUT2D eigenvalue weighted by Gasteiger charge is 2.38. The molecule has 2 atom stereocenters. The molecule has 0 aliphatic carbocycles. The molecule has 0 radical (unpaired) electrons. The summed E-state index contributed by atoms with van der Waals surface area (Å²) < 4.78 is 0. The second kappa shape index (κ2) is 10.0. The third kappa shape index (κ3) is 4.71. The molecule has 0 unspecified atom stereocenters. The average Bonchev–Trinajstić information content (AvgIpc) is 2.80. The Hall–Kier alpha value is -2.17. The van der Waals surface area contributed by atoms with Crippen molar-refractivity contribution < 1.29 is 4.79 Å². The molecule has 1 aliphatic heterocycles. The van der Waals surface area contributed by atoms with Crippen molar-refractivity contribution in [3.05, 3.63) is 71.8 Å². The summed E-state index contributed by atoms with van der Waals surface area (Å²) in [5, 5.41) is 6.82. The zero-order valence-electron chi connectivity index (χ0n) is 18.0. The van der Waals surface area contributed by atoms with E-state index < -0.39 is 0 Å². The van der Waals surface area contributed by atoms with E-state index in [1.165, 1.54) is 11.1 Å². The predicted molar refractivity (Wildman–Crippen MR) is 120 cm³/mol. The Balaban J connectivity index is 1.75. The topological polar surface area (TPSA) is 44.4 Å². The standard InChI is InChI=1S/C25H35N3O/c1-4-22(20-11-7-5-8-12-20)23(19-26-2)24(29)28-17-15-25(27-3,16-18-28)21-13-9-6-10-14-21/h5-14,22-23,26-27H,4,15-19H2,1-3H3/t22-,23+/m0/s1. The van der Waals surface area contributed by atoms with Gasteiger partial charge in [-0.3, -0.25) is 4.79 Å². The number of carbonyl (C=O) groups is 1.